The van der Waals surface area contributed by atoms with E-state index in [1.54, 1.807) is 12.3 Å². The Labute approximate surface area is 116 Å². The van der Waals surface area contributed by atoms with Crippen molar-refractivity contribution >= 4 is 5.91 Å². The van der Waals surface area contributed by atoms with Gasteiger partial charge in [0.15, 0.2) is 0 Å². The molecule has 1 unspecified atom stereocenters. The van der Waals surface area contributed by atoms with Gasteiger partial charge in [-0.2, -0.15) is 0 Å². The molecule has 19 heavy (non-hydrogen) atoms. The normalized spacial score (nSPS) is 12.2. The molecule has 0 fully saturated rings. The molecule has 1 atom stereocenters. The summed E-state index contributed by atoms with van der Waals surface area (Å²) < 4.78 is 0. The number of unbranched alkanes of at least 4 members (excludes halogenated alkanes) is 1. The molecule has 1 aromatic heterocycles. The zero-order valence-corrected chi connectivity index (χ0v) is 12.2. The van der Waals surface area contributed by atoms with Crippen molar-refractivity contribution in [2.45, 2.75) is 52.6 Å². The highest BCUT2D eigenvalue weighted by atomic mass is 16.2. The van der Waals surface area contributed by atoms with Crippen LogP contribution in [0.25, 0.3) is 0 Å². The molecule has 106 valence electrons. The van der Waals surface area contributed by atoms with Crippen LogP contribution in [0.1, 0.15) is 56.1 Å². The molecule has 1 rings (SSSR count). The maximum absolute atomic E-state index is 12.5. The van der Waals surface area contributed by atoms with Gasteiger partial charge in [-0.3, -0.25) is 9.78 Å². The van der Waals surface area contributed by atoms with Crippen molar-refractivity contribution in [2.75, 3.05) is 6.54 Å². The van der Waals surface area contributed by atoms with Gasteiger partial charge in [0.05, 0.1) is 0 Å². The van der Waals surface area contributed by atoms with Crippen LogP contribution in [0.2, 0.25) is 0 Å². The molecule has 1 aromatic rings. The van der Waals surface area contributed by atoms with Crippen molar-refractivity contribution in [2.24, 2.45) is 5.73 Å². The lowest BCUT2D eigenvalue weighted by Gasteiger charge is -2.28. The first-order valence-electron chi connectivity index (χ1n) is 7.09. The number of rotatable bonds is 7. The minimum absolute atomic E-state index is 0.0198. The predicted octanol–water partition coefficient (Wildman–Crippen LogP) is 2.58. The third-order valence-electron chi connectivity index (χ3n) is 3.42. The molecular weight excluding hydrogens is 238 g/mol. The molecule has 0 aliphatic heterocycles. The van der Waals surface area contributed by atoms with Crippen molar-refractivity contribution in [1.29, 1.82) is 0 Å². The Bertz CT molecular complexity index is 389. The van der Waals surface area contributed by atoms with Crippen LogP contribution in [0.4, 0.5) is 0 Å². The lowest BCUT2D eigenvalue weighted by atomic mass is 10.1. The first kappa shape index (κ1) is 15.6. The zero-order valence-electron chi connectivity index (χ0n) is 12.2. The number of hydrogen-bond acceptors (Lipinski definition) is 3. The van der Waals surface area contributed by atoms with Crippen LogP contribution >= 0.6 is 0 Å². The molecule has 1 amide bonds. The van der Waals surface area contributed by atoms with Crippen LogP contribution in [0.15, 0.2) is 18.3 Å². The fourth-order valence-corrected chi connectivity index (χ4v) is 1.89. The Morgan fingerprint density at radius 1 is 1.42 bits per heavy atom. The van der Waals surface area contributed by atoms with Crippen molar-refractivity contribution in [3.8, 4) is 0 Å². The van der Waals surface area contributed by atoms with Gasteiger partial charge in [0.2, 0.25) is 0 Å². The second kappa shape index (κ2) is 7.89. The van der Waals surface area contributed by atoms with Gasteiger partial charge in [-0.05, 0) is 31.4 Å². The molecule has 0 bridgehead atoms. The number of nitrogens with zero attached hydrogens (tertiary/aromatic N) is 2. The predicted molar refractivity (Wildman–Crippen MR) is 77.8 cm³/mol. The van der Waals surface area contributed by atoms with E-state index in [2.05, 4.69) is 25.8 Å². The number of nitrogens with two attached hydrogens (primary N) is 1. The largest absolute Gasteiger partial charge is 0.335 e. The molecule has 0 spiro atoms. The Hall–Kier alpha value is -1.42. The summed E-state index contributed by atoms with van der Waals surface area (Å²) in [6, 6.07) is 3.88. The van der Waals surface area contributed by atoms with Gasteiger partial charge in [0, 0.05) is 25.3 Å². The summed E-state index contributed by atoms with van der Waals surface area (Å²) in [5, 5.41) is 0. The van der Waals surface area contributed by atoms with Gasteiger partial charge in [0.1, 0.15) is 5.69 Å². The first-order valence-corrected chi connectivity index (χ1v) is 7.09. The molecule has 0 aromatic carbocycles. The van der Waals surface area contributed by atoms with Crippen LogP contribution in [0, 0.1) is 0 Å². The van der Waals surface area contributed by atoms with Gasteiger partial charge in [-0.1, -0.05) is 26.3 Å². The quantitative estimate of drug-likeness (QED) is 0.822. The molecule has 0 radical (unpaired) electrons. The topological polar surface area (TPSA) is 59.2 Å². The zero-order chi connectivity index (χ0) is 14.3. The number of carbonyl (C=O) groups excluding carboxylic acids is 1. The standard InChI is InChI=1S/C15H25N3O/c1-4-6-9-18(12(3)5-2)15(19)14-8-7-13(10-16)11-17-14/h7-8,11-12H,4-6,9-10,16H2,1-3H3. The monoisotopic (exact) mass is 263 g/mol. The minimum Gasteiger partial charge on any atom is -0.335 e. The molecule has 0 saturated heterocycles. The third kappa shape index (κ3) is 4.31. The molecule has 0 saturated carbocycles. The second-order valence-corrected chi connectivity index (χ2v) is 4.87. The molecule has 0 aliphatic carbocycles. The van der Waals surface area contributed by atoms with E-state index in [1.807, 2.05) is 11.0 Å². The van der Waals surface area contributed by atoms with Crippen LogP contribution in [-0.2, 0) is 6.54 Å². The van der Waals surface area contributed by atoms with Crippen LogP contribution in [-0.4, -0.2) is 28.4 Å². The number of pyridine rings is 1. The lowest BCUT2D eigenvalue weighted by molar-refractivity contribution is 0.0679. The van der Waals surface area contributed by atoms with E-state index < -0.39 is 0 Å². The summed E-state index contributed by atoms with van der Waals surface area (Å²) in [5.41, 5.74) is 6.99. The molecule has 0 aliphatic rings. The molecule has 2 N–H and O–H groups in total. The third-order valence-corrected chi connectivity index (χ3v) is 3.42. The summed E-state index contributed by atoms with van der Waals surface area (Å²) >= 11 is 0. The minimum atomic E-state index is 0.0198. The fraction of sp³-hybridized carbons (Fsp3) is 0.600. The lowest BCUT2D eigenvalue weighted by Crippen LogP contribution is -2.39. The summed E-state index contributed by atoms with van der Waals surface area (Å²) in [6.45, 7) is 7.56. The number of amides is 1. The van der Waals surface area contributed by atoms with Gasteiger partial charge in [-0.25, -0.2) is 0 Å². The van der Waals surface area contributed by atoms with E-state index in [0.717, 1.165) is 31.4 Å². The number of aromatic nitrogens is 1. The Morgan fingerprint density at radius 3 is 2.63 bits per heavy atom. The Balaban J connectivity index is 2.84. The maximum atomic E-state index is 12.5. The maximum Gasteiger partial charge on any atom is 0.272 e. The van der Waals surface area contributed by atoms with Crippen molar-refractivity contribution < 1.29 is 4.79 Å². The van der Waals surface area contributed by atoms with Gasteiger partial charge >= 0.3 is 0 Å². The average Bonchev–Trinajstić information content (AvgIpc) is 2.47. The number of carbonyl (C=O) groups is 1. The van der Waals surface area contributed by atoms with Gasteiger partial charge in [0.25, 0.3) is 5.91 Å². The number of hydrogen-bond donors (Lipinski definition) is 1. The first-order chi connectivity index (χ1) is 9.13. The van der Waals surface area contributed by atoms with Crippen LogP contribution in [0.5, 0.6) is 0 Å². The van der Waals surface area contributed by atoms with Crippen molar-refractivity contribution in [3.05, 3.63) is 29.6 Å². The Morgan fingerprint density at radius 2 is 2.16 bits per heavy atom. The second-order valence-electron chi connectivity index (χ2n) is 4.87. The van der Waals surface area contributed by atoms with E-state index >= 15 is 0 Å². The average molecular weight is 263 g/mol. The van der Waals surface area contributed by atoms with E-state index in [1.165, 1.54) is 0 Å². The van der Waals surface area contributed by atoms with E-state index in [0.29, 0.717) is 12.2 Å². The smallest absolute Gasteiger partial charge is 0.272 e. The van der Waals surface area contributed by atoms with Crippen LogP contribution < -0.4 is 5.73 Å². The summed E-state index contributed by atoms with van der Waals surface area (Å²) in [4.78, 5) is 18.6. The van der Waals surface area contributed by atoms with Crippen molar-refractivity contribution in [3.63, 3.8) is 0 Å². The van der Waals surface area contributed by atoms with Gasteiger partial charge < -0.3 is 10.6 Å². The van der Waals surface area contributed by atoms with Gasteiger partial charge in [-0.15, -0.1) is 0 Å². The van der Waals surface area contributed by atoms with E-state index in [9.17, 15) is 4.79 Å². The van der Waals surface area contributed by atoms with Crippen molar-refractivity contribution in [1.82, 2.24) is 9.88 Å². The molecule has 4 nitrogen and oxygen atoms in total. The van der Waals surface area contributed by atoms with E-state index in [4.69, 9.17) is 5.73 Å². The Kier molecular flexibility index (Phi) is 6.50. The van der Waals surface area contributed by atoms with Crippen LogP contribution in [0.3, 0.4) is 0 Å². The molecule has 1 heterocycles. The fourth-order valence-electron chi connectivity index (χ4n) is 1.89. The highest BCUT2D eigenvalue weighted by Crippen LogP contribution is 2.11. The SMILES string of the molecule is CCCCN(C(=O)c1ccc(CN)cn1)C(C)CC. The molecular formula is C15H25N3O. The summed E-state index contributed by atoms with van der Waals surface area (Å²) in [7, 11) is 0. The van der Waals surface area contributed by atoms with E-state index in [-0.39, 0.29) is 11.9 Å². The summed E-state index contributed by atoms with van der Waals surface area (Å²) in [6.07, 6.45) is 4.74. The summed E-state index contributed by atoms with van der Waals surface area (Å²) in [5.74, 6) is 0.0198. The highest BCUT2D eigenvalue weighted by Gasteiger charge is 2.20. The highest BCUT2D eigenvalue weighted by molar-refractivity contribution is 5.92. The molecule has 4 heteroatoms.